The normalized spacial score (nSPS) is 54.4. The fourth-order valence-electron chi connectivity index (χ4n) is 7.47. The average molecular weight is 442 g/mol. The first-order valence-corrected chi connectivity index (χ1v) is 11.1. The van der Waals surface area contributed by atoms with E-state index in [1.54, 1.807) is 0 Å². The van der Waals surface area contributed by atoms with Crippen molar-refractivity contribution in [2.45, 2.75) is 77.2 Å². The van der Waals surface area contributed by atoms with Crippen LogP contribution >= 0.6 is 22.6 Å². The van der Waals surface area contributed by atoms with Crippen LogP contribution in [0.15, 0.2) is 10.2 Å². The molecule has 7 atom stereocenters. The summed E-state index contributed by atoms with van der Waals surface area (Å²) in [5.41, 5.74) is -0.189. The highest BCUT2D eigenvalue weighted by molar-refractivity contribution is 14.1. The van der Waals surface area contributed by atoms with E-state index >= 15 is 0 Å². The van der Waals surface area contributed by atoms with Gasteiger partial charge < -0.3 is 5.11 Å². The minimum atomic E-state index is -0.607. The predicted octanol–water partition coefficient (Wildman–Crippen LogP) is 5.28. The Morgan fingerprint density at radius 3 is 2.58 bits per heavy atom. The van der Waals surface area contributed by atoms with Gasteiger partial charge in [-0.2, -0.15) is 0 Å². The number of carbonyl (C=O) groups excluding carboxylic acids is 1. The van der Waals surface area contributed by atoms with Crippen LogP contribution in [0.2, 0.25) is 0 Å². The third-order valence-electron chi connectivity index (χ3n) is 9.04. The molecule has 24 heavy (non-hydrogen) atoms. The summed E-state index contributed by atoms with van der Waals surface area (Å²) in [6.07, 6.45) is 11.8. The van der Waals surface area contributed by atoms with Crippen molar-refractivity contribution in [2.75, 3.05) is 0 Å². The van der Waals surface area contributed by atoms with Crippen LogP contribution in [0.25, 0.3) is 0 Å². The van der Waals surface area contributed by atoms with Gasteiger partial charge >= 0.3 is 0 Å². The monoisotopic (exact) mass is 442 g/mol. The molecular weight excluding hydrogens is 411 g/mol. The van der Waals surface area contributed by atoms with Crippen molar-refractivity contribution in [3.8, 4) is 0 Å². The smallest absolute Gasteiger partial charge is 0.133 e. The summed E-state index contributed by atoms with van der Waals surface area (Å²) in [4.78, 5) is 12.0. The molecule has 0 heterocycles. The van der Waals surface area contributed by atoms with Gasteiger partial charge in [0.25, 0.3) is 0 Å². The lowest BCUT2D eigenvalue weighted by molar-refractivity contribution is -0.148. The van der Waals surface area contributed by atoms with Gasteiger partial charge in [0.2, 0.25) is 0 Å². The molecule has 1 N–H and O–H groups in total. The number of Topliss-reactive ketones (excluding diaryl/α,β-unsaturated/α-hetero) is 1. The maximum absolute atomic E-state index is 12.0. The summed E-state index contributed by atoms with van der Waals surface area (Å²) in [6.45, 7) is 4.85. The summed E-state index contributed by atoms with van der Waals surface area (Å²) >= 11 is 2.25. The van der Waals surface area contributed by atoms with Gasteiger partial charge in [-0.15, -0.1) is 0 Å². The maximum atomic E-state index is 12.0. The molecule has 4 fully saturated rings. The summed E-state index contributed by atoms with van der Waals surface area (Å²) < 4.78 is 2.02. The second-order valence-electron chi connectivity index (χ2n) is 9.61. The Labute approximate surface area is 160 Å². The van der Waals surface area contributed by atoms with E-state index in [4.69, 9.17) is 0 Å². The van der Waals surface area contributed by atoms with Crippen LogP contribution in [0.5, 0.6) is 0 Å². The topological polar surface area (TPSA) is 37.3 Å². The van der Waals surface area contributed by atoms with Crippen LogP contribution in [0, 0.1) is 34.5 Å². The van der Waals surface area contributed by atoms with Crippen LogP contribution in [-0.4, -0.2) is 16.5 Å². The Morgan fingerprint density at radius 1 is 1.08 bits per heavy atom. The molecule has 0 aromatic carbocycles. The van der Waals surface area contributed by atoms with Gasteiger partial charge in [-0.25, -0.2) is 0 Å². The number of aliphatic hydroxyl groups is 1. The van der Waals surface area contributed by atoms with E-state index in [9.17, 15) is 9.90 Å². The zero-order valence-corrected chi connectivity index (χ0v) is 17.2. The quantitative estimate of drug-likeness (QED) is 0.562. The van der Waals surface area contributed by atoms with Crippen molar-refractivity contribution >= 4 is 28.4 Å². The van der Waals surface area contributed by atoms with Crippen LogP contribution in [0.1, 0.15) is 71.6 Å². The van der Waals surface area contributed by atoms with E-state index in [1.807, 2.05) is 4.08 Å². The highest BCUT2D eigenvalue weighted by Crippen LogP contribution is 2.68. The second-order valence-corrected chi connectivity index (χ2v) is 10.3. The summed E-state index contributed by atoms with van der Waals surface area (Å²) in [5, 5.41) is 11.3. The highest BCUT2D eigenvalue weighted by Gasteiger charge is 2.63. The Hall–Kier alpha value is 0.100. The predicted molar refractivity (Wildman–Crippen MR) is 105 cm³/mol. The van der Waals surface area contributed by atoms with Gasteiger partial charge in [0.15, 0.2) is 0 Å². The van der Waals surface area contributed by atoms with Crippen LogP contribution in [0.3, 0.4) is 0 Å². The molecule has 4 aliphatic rings. The second kappa shape index (κ2) is 5.80. The molecule has 134 valence electrons. The van der Waals surface area contributed by atoms with Gasteiger partial charge in [0.05, 0.1) is 5.60 Å². The maximum Gasteiger partial charge on any atom is 0.133 e. The summed E-state index contributed by atoms with van der Waals surface area (Å²) in [6, 6.07) is 0. The third kappa shape index (κ3) is 2.25. The van der Waals surface area contributed by atoms with Crippen LogP contribution in [0.4, 0.5) is 0 Å². The number of rotatable bonds is 1. The molecule has 0 saturated heterocycles. The first-order valence-electron chi connectivity index (χ1n) is 9.86. The largest absolute Gasteiger partial charge is 0.385 e. The van der Waals surface area contributed by atoms with Crippen LogP contribution < -0.4 is 0 Å². The third-order valence-corrected chi connectivity index (χ3v) is 9.40. The molecule has 0 aromatic heterocycles. The molecule has 0 bridgehead atoms. The number of carbonyl (C=O) groups is 1. The molecular formula is C21H31IO2. The lowest BCUT2D eigenvalue weighted by Gasteiger charge is -2.60. The molecule has 0 amide bonds. The molecule has 4 saturated carbocycles. The molecule has 4 aliphatic carbocycles. The van der Waals surface area contributed by atoms with E-state index in [2.05, 4.69) is 42.5 Å². The molecule has 0 unspecified atom stereocenters. The van der Waals surface area contributed by atoms with Crippen molar-refractivity contribution in [2.24, 2.45) is 34.5 Å². The van der Waals surface area contributed by atoms with Gasteiger partial charge in [-0.3, -0.25) is 4.79 Å². The highest BCUT2D eigenvalue weighted by atomic mass is 127. The zero-order valence-electron chi connectivity index (χ0n) is 15.1. The molecule has 2 nitrogen and oxygen atoms in total. The van der Waals surface area contributed by atoms with Gasteiger partial charge in [-0.1, -0.05) is 36.4 Å². The van der Waals surface area contributed by atoms with Crippen molar-refractivity contribution in [3.63, 3.8) is 0 Å². The standard InChI is InChI=1S/C21H31IO2/c1-19-8-5-15(23)13-14(19)3-4-16-17(19)6-9-20(2)18(16)7-10-21(20,24)11-12-22/h11-12,14,16-18,24H,3-10,13H2,1-2H3/b12-11+/t14-,16+,17-,18-,19-,20-,21+/m0/s1. The van der Waals surface area contributed by atoms with E-state index in [0.29, 0.717) is 23.0 Å². The van der Waals surface area contributed by atoms with E-state index in [-0.39, 0.29) is 5.41 Å². The Bertz CT molecular complexity index is 572. The van der Waals surface area contributed by atoms with Crippen LogP contribution in [-0.2, 0) is 4.79 Å². The number of fused-ring (bicyclic) bond motifs is 5. The first kappa shape index (κ1) is 17.5. The zero-order chi connectivity index (χ0) is 17.2. The van der Waals surface area contributed by atoms with Crippen molar-refractivity contribution < 1.29 is 9.90 Å². The first-order chi connectivity index (χ1) is 11.3. The number of hydrogen-bond donors (Lipinski definition) is 1. The molecule has 0 spiro atoms. The molecule has 0 aromatic rings. The molecule has 0 radical (unpaired) electrons. The number of hydrogen-bond acceptors (Lipinski definition) is 2. The fourth-order valence-corrected chi connectivity index (χ4v) is 8.07. The number of ketones is 1. The lowest BCUT2D eigenvalue weighted by Crippen LogP contribution is -2.56. The van der Waals surface area contributed by atoms with E-state index in [0.717, 1.165) is 43.9 Å². The minimum Gasteiger partial charge on any atom is -0.385 e. The molecule has 0 aliphatic heterocycles. The minimum absolute atomic E-state index is 0.0452. The van der Waals surface area contributed by atoms with Gasteiger partial charge in [-0.05, 0) is 84.2 Å². The fraction of sp³-hybridized carbons (Fsp3) is 0.857. The number of halogens is 1. The molecule has 4 rings (SSSR count). The summed E-state index contributed by atoms with van der Waals surface area (Å²) in [7, 11) is 0. The van der Waals surface area contributed by atoms with Crippen molar-refractivity contribution in [1.82, 2.24) is 0 Å². The average Bonchev–Trinajstić information content (AvgIpc) is 2.80. The SMILES string of the molecule is C[C@]12CCC(=O)C[C@@H]1CC[C@@H]1[C@@H]2CC[C@@]2(C)[C@H]1CC[C@@]2(O)/C=C/I. The Morgan fingerprint density at radius 2 is 1.83 bits per heavy atom. The Balaban J connectivity index is 1.64. The Kier molecular flexibility index (Phi) is 4.23. The van der Waals surface area contributed by atoms with Gasteiger partial charge in [0.1, 0.15) is 5.78 Å². The van der Waals surface area contributed by atoms with E-state index in [1.165, 1.54) is 25.7 Å². The van der Waals surface area contributed by atoms with Crippen molar-refractivity contribution in [1.29, 1.82) is 0 Å². The van der Waals surface area contributed by atoms with Gasteiger partial charge in [0, 0.05) is 18.3 Å². The molecule has 3 heteroatoms. The van der Waals surface area contributed by atoms with E-state index < -0.39 is 5.60 Å². The lowest BCUT2D eigenvalue weighted by atomic mass is 9.44. The van der Waals surface area contributed by atoms with Crippen molar-refractivity contribution in [3.05, 3.63) is 10.2 Å². The summed E-state index contributed by atoms with van der Waals surface area (Å²) in [5.74, 6) is 3.31.